The molecule has 0 saturated heterocycles. The van der Waals surface area contributed by atoms with Crippen LogP contribution in [0.15, 0.2) is 315 Å². The molecule has 2 aliphatic heterocycles. The highest BCUT2D eigenvalue weighted by Crippen LogP contribution is 2.58. The van der Waals surface area contributed by atoms with Crippen LogP contribution >= 0.6 is 22.7 Å². The zero-order valence-corrected chi connectivity index (χ0v) is 70.4. The molecule has 2 aromatic heterocycles. The summed E-state index contributed by atoms with van der Waals surface area (Å²) in [6.45, 7) is 35.5. The van der Waals surface area contributed by atoms with Gasteiger partial charge in [-0.25, -0.2) is 0 Å². The Labute approximate surface area is 688 Å². The van der Waals surface area contributed by atoms with Gasteiger partial charge in [0.15, 0.2) is 0 Å². The summed E-state index contributed by atoms with van der Waals surface area (Å²) in [5.74, 6) is 0. The lowest BCUT2D eigenvalue weighted by Crippen LogP contribution is -2.61. The van der Waals surface area contributed by atoms with E-state index in [9.17, 15) is 0 Å². The molecule has 0 saturated carbocycles. The zero-order chi connectivity index (χ0) is 79.4. The largest absolute Gasteiger partial charge is 0.310 e. The van der Waals surface area contributed by atoms with Crippen molar-refractivity contribution in [2.45, 2.75) is 131 Å². The SMILES string of the molecule is CC(C)(C)c1cc(-c2cc3c4c(c2)N(c2c(-c5cccc6sc7ccccc7c56)cc(C(C)(C)C)cc2-c2cccc5sc6ccccc6c25)c2ccc(-c5cc(-c6ccccc6)cc(-c6ccccc6)c5)cc2B4c2ccc(C(C)(C)C)cc2N3c2c(-c3ccccc3)cc(C(C)(C)C)cc2-c2ccccc2)cc(C(C)(C)C)c1. The monoisotopic (exact) mass is 1520 g/mol. The average molecular weight is 1520 g/mol. The molecule has 0 bridgehead atoms. The van der Waals surface area contributed by atoms with Crippen molar-refractivity contribution in [3.63, 3.8) is 0 Å². The summed E-state index contributed by atoms with van der Waals surface area (Å²) in [7, 11) is 0. The molecule has 0 atom stereocenters. The van der Waals surface area contributed by atoms with Gasteiger partial charge in [0.2, 0.25) is 0 Å². The van der Waals surface area contributed by atoms with Gasteiger partial charge in [0.25, 0.3) is 6.71 Å². The molecule has 4 heterocycles. The second-order valence-corrected chi connectivity index (χ2v) is 39.5. The van der Waals surface area contributed by atoms with Crippen molar-refractivity contribution < 1.29 is 0 Å². The topological polar surface area (TPSA) is 6.48 Å². The Morgan fingerprint density at radius 2 is 0.583 bits per heavy atom. The van der Waals surface area contributed by atoms with Crippen LogP contribution in [0.25, 0.3) is 129 Å². The van der Waals surface area contributed by atoms with E-state index in [1.807, 2.05) is 22.7 Å². The van der Waals surface area contributed by atoms with Crippen molar-refractivity contribution in [2.24, 2.45) is 0 Å². The van der Waals surface area contributed by atoms with Gasteiger partial charge in [0, 0.05) is 85.3 Å². The molecule has 0 aliphatic carbocycles. The van der Waals surface area contributed by atoms with Gasteiger partial charge >= 0.3 is 0 Å². The van der Waals surface area contributed by atoms with Crippen LogP contribution in [0.2, 0.25) is 0 Å². The molecule has 562 valence electrons. The molecule has 0 radical (unpaired) electrons. The molecular formula is C110H97BN2S2. The molecule has 0 fully saturated rings. The molecule has 0 N–H and O–H groups in total. The quantitative estimate of drug-likeness (QED) is 0.126. The van der Waals surface area contributed by atoms with Gasteiger partial charge < -0.3 is 9.80 Å². The maximum absolute atomic E-state index is 2.81. The van der Waals surface area contributed by atoms with Gasteiger partial charge in [-0.3, -0.25) is 0 Å². The van der Waals surface area contributed by atoms with Crippen molar-refractivity contribution in [1.82, 2.24) is 0 Å². The Kier molecular flexibility index (Phi) is 17.6. The van der Waals surface area contributed by atoms with E-state index in [0.29, 0.717) is 0 Å². The van der Waals surface area contributed by atoms with Crippen molar-refractivity contribution in [2.75, 3.05) is 9.80 Å². The predicted octanol–water partition coefficient (Wildman–Crippen LogP) is 30.3. The van der Waals surface area contributed by atoms with Crippen molar-refractivity contribution in [1.29, 1.82) is 0 Å². The molecule has 0 spiro atoms. The Morgan fingerprint density at radius 3 is 1.03 bits per heavy atom. The maximum atomic E-state index is 2.81. The average Bonchev–Trinajstić information content (AvgIpc) is 1.22. The number of rotatable bonds is 10. The van der Waals surface area contributed by atoms with Crippen molar-refractivity contribution >= 4 is 120 Å². The number of hydrogen-bond donors (Lipinski definition) is 0. The molecule has 115 heavy (non-hydrogen) atoms. The van der Waals surface area contributed by atoms with Gasteiger partial charge in [-0.1, -0.05) is 328 Å². The van der Waals surface area contributed by atoms with E-state index in [1.165, 1.54) is 151 Å². The van der Waals surface area contributed by atoms with Crippen LogP contribution in [0.3, 0.4) is 0 Å². The number of anilines is 6. The van der Waals surface area contributed by atoms with Crippen LogP contribution < -0.4 is 26.2 Å². The third-order valence-corrected chi connectivity index (χ3v) is 26.6. The molecule has 0 unspecified atom stereocenters. The molecule has 17 aromatic rings. The van der Waals surface area contributed by atoms with Crippen LogP contribution in [0.4, 0.5) is 34.1 Å². The highest BCUT2D eigenvalue weighted by Gasteiger charge is 2.47. The standard InChI is InChI=1S/C110H97BN2S2/c1-106(2,3)78-51-52-91-94(67-78)113(104-87(70-38-24-18-25-39-70)63-81(109(10,11)12)64-88(104)71-40-26-19-27-41-71)96-61-77(76-57-79(107(4,5)6)62-80(58-76)108(7,8)9)60-95-103(96)111(91)92-59-72(75-55-73(68-34-20-16-21-35-68)54-74(56-75)69-36-22-17-23-37-69)50-53-93(92)112(95)105-89(83-44-32-48-99-101(83)85-42-28-30-46-97(85)114-99)65-82(110(13,14)15)66-90(105)84-45-33-49-100-102(84)86-43-29-31-47-98(86)115-100/h16-67H,1-15H3. The predicted molar refractivity (Wildman–Crippen MR) is 503 cm³/mol. The van der Waals surface area contributed by atoms with E-state index in [1.54, 1.807) is 0 Å². The van der Waals surface area contributed by atoms with E-state index < -0.39 is 0 Å². The van der Waals surface area contributed by atoms with Crippen LogP contribution in [-0.4, -0.2) is 6.71 Å². The first-order valence-electron chi connectivity index (χ1n) is 41.0. The summed E-state index contributed by atoms with van der Waals surface area (Å²) in [6.07, 6.45) is 0. The summed E-state index contributed by atoms with van der Waals surface area (Å²) in [6, 6.07) is 123. The fourth-order valence-corrected chi connectivity index (χ4v) is 20.3. The zero-order valence-electron chi connectivity index (χ0n) is 68.8. The number of thiophene rings is 2. The van der Waals surface area contributed by atoms with Crippen LogP contribution in [-0.2, 0) is 27.1 Å². The molecular weight excluding hydrogens is 1420 g/mol. The first-order chi connectivity index (χ1) is 55.2. The molecule has 5 heteroatoms. The highest BCUT2D eigenvalue weighted by atomic mass is 32.1. The lowest BCUT2D eigenvalue weighted by Gasteiger charge is -2.46. The second-order valence-electron chi connectivity index (χ2n) is 37.3. The molecule has 19 rings (SSSR count). The van der Waals surface area contributed by atoms with E-state index >= 15 is 0 Å². The molecule has 2 nitrogen and oxygen atoms in total. The smallest absolute Gasteiger partial charge is 0.252 e. The Morgan fingerprint density at radius 1 is 0.217 bits per heavy atom. The number of hydrogen-bond acceptors (Lipinski definition) is 4. The Bertz CT molecular complexity index is 6440. The van der Waals surface area contributed by atoms with E-state index in [-0.39, 0.29) is 33.8 Å². The minimum atomic E-state index is -0.286. The second kappa shape index (κ2) is 27.6. The van der Waals surface area contributed by atoms with Crippen LogP contribution in [0.1, 0.15) is 132 Å². The minimum Gasteiger partial charge on any atom is -0.310 e. The van der Waals surface area contributed by atoms with Crippen LogP contribution in [0, 0.1) is 0 Å². The minimum absolute atomic E-state index is 0.175. The van der Waals surface area contributed by atoms with Gasteiger partial charge in [0.1, 0.15) is 0 Å². The number of fused-ring (bicyclic) bond motifs is 10. The molecule has 0 amide bonds. The highest BCUT2D eigenvalue weighted by molar-refractivity contribution is 7.26. The van der Waals surface area contributed by atoms with Gasteiger partial charge in [-0.05, 0) is 229 Å². The summed E-state index contributed by atoms with van der Waals surface area (Å²) in [5, 5.41) is 5.09. The summed E-state index contributed by atoms with van der Waals surface area (Å²) in [5.41, 5.74) is 34.9. The first kappa shape index (κ1) is 73.6. The van der Waals surface area contributed by atoms with E-state index in [4.69, 9.17) is 0 Å². The molecule has 2 aliphatic rings. The third-order valence-electron chi connectivity index (χ3n) is 24.4. The molecule has 15 aromatic carbocycles. The summed E-state index contributed by atoms with van der Waals surface area (Å²) in [4.78, 5) is 5.60. The first-order valence-corrected chi connectivity index (χ1v) is 42.6. The number of benzene rings is 15. The van der Waals surface area contributed by atoms with E-state index in [2.05, 4.69) is 429 Å². The fraction of sp³-hybridized carbons (Fsp3) is 0.182. The normalized spacial score (nSPS) is 13.1. The van der Waals surface area contributed by atoms with E-state index in [0.717, 1.165) is 56.3 Å². The van der Waals surface area contributed by atoms with Crippen molar-refractivity contribution in [3.05, 3.63) is 343 Å². The van der Waals surface area contributed by atoms with Crippen LogP contribution in [0.5, 0.6) is 0 Å². The lowest BCUT2D eigenvalue weighted by atomic mass is 9.33. The summed E-state index contributed by atoms with van der Waals surface area (Å²) >= 11 is 3.79. The van der Waals surface area contributed by atoms with Gasteiger partial charge in [0.05, 0.1) is 11.4 Å². The lowest BCUT2D eigenvalue weighted by molar-refractivity contribution is 0.569. The third kappa shape index (κ3) is 12.9. The number of nitrogens with zero attached hydrogens (tertiary/aromatic N) is 2. The van der Waals surface area contributed by atoms with Gasteiger partial charge in [-0.2, -0.15) is 0 Å². The van der Waals surface area contributed by atoms with Crippen molar-refractivity contribution in [3.8, 4) is 89.0 Å². The Balaban J connectivity index is 1.05. The fourth-order valence-electron chi connectivity index (χ4n) is 18.0. The maximum Gasteiger partial charge on any atom is 0.252 e. The van der Waals surface area contributed by atoms with Gasteiger partial charge in [-0.15, -0.1) is 22.7 Å². The Hall–Kier alpha value is -11.6. The summed E-state index contributed by atoms with van der Waals surface area (Å²) < 4.78 is 5.10.